The summed E-state index contributed by atoms with van der Waals surface area (Å²) in [6.45, 7) is 11.0. The van der Waals surface area contributed by atoms with Crippen molar-refractivity contribution in [2.24, 2.45) is 0 Å². The molecule has 0 unspecified atom stereocenters. The molecule has 26 heavy (non-hydrogen) atoms. The minimum absolute atomic E-state index is 0.0722. The third-order valence-corrected chi connectivity index (χ3v) is 4.60. The number of nitrogens with zero attached hydrogens (tertiary/aromatic N) is 1. The molecule has 0 aliphatic heterocycles. The molecule has 2 rings (SSSR count). The third-order valence-electron chi connectivity index (χ3n) is 4.60. The van der Waals surface area contributed by atoms with Gasteiger partial charge in [0.1, 0.15) is 5.75 Å². The Hall–Kier alpha value is -3.12. The first-order valence-corrected chi connectivity index (χ1v) is 8.44. The monoisotopic (exact) mass is 345 g/mol. The van der Waals surface area contributed by atoms with Gasteiger partial charge in [0.25, 0.3) is 0 Å². The van der Waals surface area contributed by atoms with E-state index in [4.69, 9.17) is 5.26 Å². The van der Waals surface area contributed by atoms with Crippen molar-refractivity contribution >= 4 is 5.78 Å². The van der Waals surface area contributed by atoms with E-state index in [1.54, 1.807) is 24.3 Å². The van der Waals surface area contributed by atoms with E-state index in [0.29, 0.717) is 16.7 Å². The van der Waals surface area contributed by atoms with Gasteiger partial charge in [-0.25, -0.2) is 0 Å². The number of phenolic OH excluding ortho intramolecular Hbond substituents is 1. The molecular formula is C23H23NO2. The number of phenols is 1. The Kier molecular flexibility index (Phi) is 5.79. The highest BCUT2D eigenvalue weighted by Gasteiger charge is 2.27. The summed E-state index contributed by atoms with van der Waals surface area (Å²) in [7, 11) is 0. The van der Waals surface area contributed by atoms with E-state index in [9.17, 15) is 9.90 Å². The molecule has 0 heterocycles. The van der Waals surface area contributed by atoms with E-state index in [1.807, 2.05) is 39.0 Å². The number of aryl methyl sites for hydroxylation is 2. The smallest absolute Gasteiger partial charge is 0.157 e. The first-order chi connectivity index (χ1) is 12.3. The van der Waals surface area contributed by atoms with Crippen molar-refractivity contribution in [2.75, 3.05) is 0 Å². The molecule has 2 aromatic carbocycles. The van der Waals surface area contributed by atoms with Gasteiger partial charge in [-0.15, -0.1) is 0 Å². The van der Waals surface area contributed by atoms with Crippen LogP contribution in [-0.4, -0.2) is 10.9 Å². The second kappa shape index (κ2) is 7.84. The van der Waals surface area contributed by atoms with Gasteiger partial charge in [-0.2, -0.15) is 5.26 Å². The molecule has 0 aromatic heterocycles. The Morgan fingerprint density at radius 1 is 1.15 bits per heavy atom. The molecule has 3 nitrogen and oxygen atoms in total. The molecule has 0 saturated heterocycles. The summed E-state index contributed by atoms with van der Waals surface area (Å²) in [6.07, 6.45) is 1.66. The van der Waals surface area contributed by atoms with Crippen LogP contribution in [0.3, 0.4) is 0 Å². The average Bonchev–Trinajstić information content (AvgIpc) is 2.61. The van der Waals surface area contributed by atoms with Crippen LogP contribution >= 0.6 is 0 Å². The second-order valence-corrected chi connectivity index (χ2v) is 6.54. The SMILES string of the molecule is C=C/C(C)=C(/C(C)=O)[C@@H](c1ccc(C#N)cc1C)c1cc(C)ccc1O. The normalized spacial score (nSPS) is 12.7. The van der Waals surface area contributed by atoms with Crippen molar-refractivity contribution in [1.29, 1.82) is 5.26 Å². The summed E-state index contributed by atoms with van der Waals surface area (Å²) in [6, 6.07) is 12.9. The molecule has 0 amide bonds. The van der Waals surface area contributed by atoms with Gasteiger partial charge >= 0.3 is 0 Å². The van der Waals surface area contributed by atoms with Crippen molar-refractivity contribution in [1.82, 2.24) is 0 Å². The Morgan fingerprint density at radius 3 is 2.38 bits per heavy atom. The van der Waals surface area contributed by atoms with Crippen LogP contribution in [0.4, 0.5) is 0 Å². The minimum Gasteiger partial charge on any atom is -0.508 e. The van der Waals surface area contributed by atoms with E-state index in [0.717, 1.165) is 22.3 Å². The zero-order chi connectivity index (χ0) is 19.4. The lowest BCUT2D eigenvalue weighted by Crippen LogP contribution is -2.14. The number of Topliss-reactive ketones (excluding diaryl/α,β-unsaturated/α-hetero) is 1. The van der Waals surface area contributed by atoms with Crippen molar-refractivity contribution in [3.05, 3.63) is 88.0 Å². The van der Waals surface area contributed by atoms with Crippen LogP contribution in [0.1, 0.15) is 47.6 Å². The predicted octanol–water partition coefficient (Wildman–Crippen LogP) is 5.10. The van der Waals surface area contributed by atoms with E-state index in [-0.39, 0.29) is 11.5 Å². The minimum atomic E-state index is -0.432. The van der Waals surface area contributed by atoms with Gasteiger partial charge in [-0.05, 0) is 62.6 Å². The highest BCUT2D eigenvalue weighted by atomic mass is 16.3. The molecule has 3 heteroatoms. The number of hydrogen-bond acceptors (Lipinski definition) is 3. The number of nitriles is 1. The van der Waals surface area contributed by atoms with Gasteiger partial charge in [-0.1, -0.05) is 36.4 Å². The number of ketones is 1. The number of hydrogen-bond donors (Lipinski definition) is 1. The molecule has 0 aliphatic carbocycles. The van der Waals surface area contributed by atoms with Crippen molar-refractivity contribution in [3.8, 4) is 11.8 Å². The quantitative estimate of drug-likeness (QED) is 0.605. The summed E-state index contributed by atoms with van der Waals surface area (Å²) in [4.78, 5) is 12.5. The number of aromatic hydroxyl groups is 1. The summed E-state index contributed by atoms with van der Waals surface area (Å²) in [5.74, 6) is -0.366. The van der Waals surface area contributed by atoms with Gasteiger partial charge < -0.3 is 5.11 Å². The van der Waals surface area contributed by atoms with E-state index < -0.39 is 5.92 Å². The number of allylic oxidation sites excluding steroid dienone is 3. The number of benzene rings is 2. The van der Waals surface area contributed by atoms with Gasteiger partial charge in [0.2, 0.25) is 0 Å². The lowest BCUT2D eigenvalue weighted by molar-refractivity contribution is -0.113. The Bertz CT molecular complexity index is 945. The second-order valence-electron chi connectivity index (χ2n) is 6.54. The molecule has 0 aliphatic rings. The van der Waals surface area contributed by atoms with Crippen LogP contribution in [-0.2, 0) is 4.79 Å². The molecule has 0 spiro atoms. The molecule has 1 N–H and O–H groups in total. The molecular weight excluding hydrogens is 322 g/mol. The first kappa shape index (κ1) is 19.2. The fourth-order valence-electron chi connectivity index (χ4n) is 3.27. The topological polar surface area (TPSA) is 61.1 Å². The van der Waals surface area contributed by atoms with Gasteiger partial charge in [0.15, 0.2) is 5.78 Å². The zero-order valence-electron chi connectivity index (χ0n) is 15.6. The maximum absolute atomic E-state index is 12.5. The van der Waals surface area contributed by atoms with E-state index in [2.05, 4.69) is 12.6 Å². The largest absolute Gasteiger partial charge is 0.508 e. The van der Waals surface area contributed by atoms with Gasteiger partial charge in [-0.3, -0.25) is 4.79 Å². The van der Waals surface area contributed by atoms with Crippen molar-refractivity contribution in [3.63, 3.8) is 0 Å². The Labute approximate surface area is 154 Å². The molecule has 132 valence electrons. The standard InChI is InChI=1S/C23H23NO2/c1-6-15(3)22(17(5)25)23(20-11-14(2)7-10-21(20)26)19-9-8-18(13-24)12-16(19)4/h6-12,23,26H,1H2,2-5H3/b22-15-/t23-/m0/s1. The Balaban J connectivity index is 2.87. The highest BCUT2D eigenvalue weighted by Crippen LogP contribution is 2.40. The number of rotatable bonds is 5. The number of carbonyl (C=O) groups is 1. The summed E-state index contributed by atoms with van der Waals surface area (Å²) in [5, 5.41) is 19.7. The summed E-state index contributed by atoms with van der Waals surface area (Å²) in [5.41, 5.74) is 5.37. The van der Waals surface area contributed by atoms with Crippen LogP contribution in [0.2, 0.25) is 0 Å². The first-order valence-electron chi connectivity index (χ1n) is 8.44. The summed E-state index contributed by atoms with van der Waals surface area (Å²) < 4.78 is 0. The lowest BCUT2D eigenvalue weighted by Gasteiger charge is -2.24. The highest BCUT2D eigenvalue weighted by molar-refractivity contribution is 5.97. The maximum atomic E-state index is 12.5. The van der Waals surface area contributed by atoms with E-state index in [1.165, 1.54) is 6.92 Å². The fourth-order valence-corrected chi connectivity index (χ4v) is 3.27. The Morgan fingerprint density at radius 2 is 1.85 bits per heavy atom. The molecule has 1 atom stereocenters. The predicted molar refractivity (Wildman–Crippen MR) is 104 cm³/mol. The van der Waals surface area contributed by atoms with Crippen LogP contribution in [0, 0.1) is 25.2 Å². The van der Waals surface area contributed by atoms with Crippen LogP contribution in [0.25, 0.3) is 0 Å². The fraction of sp³-hybridized carbons (Fsp3) is 0.217. The average molecular weight is 345 g/mol. The van der Waals surface area contributed by atoms with E-state index >= 15 is 0 Å². The molecule has 2 aromatic rings. The third kappa shape index (κ3) is 3.75. The lowest BCUT2D eigenvalue weighted by atomic mass is 9.78. The molecule has 0 fully saturated rings. The van der Waals surface area contributed by atoms with Crippen LogP contribution < -0.4 is 0 Å². The van der Waals surface area contributed by atoms with Crippen LogP contribution in [0.5, 0.6) is 5.75 Å². The number of carbonyl (C=O) groups excluding carboxylic acids is 1. The van der Waals surface area contributed by atoms with Crippen molar-refractivity contribution in [2.45, 2.75) is 33.6 Å². The maximum Gasteiger partial charge on any atom is 0.157 e. The van der Waals surface area contributed by atoms with Crippen LogP contribution in [0.15, 0.2) is 60.2 Å². The van der Waals surface area contributed by atoms with Gasteiger partial charge in [0.05, 0.1) is 11.6 Å². The molecule has 0 radical (unpaired) electrons. The molecule has 0 saturated carbocycles. The summed E-state index contributed by atoms with van der Waals surface area (Å²) >= 11 is 0. The zero-order valence-corrected chi connectivity index (χ0v) is 15.6. The molecule has 0 bridgehead atoms. The van der Waals surface area contributed by atoms with Crippen molar-refractivity contribution < 1.29 is 9.90 Å². The van der Waals surface area contributed by atoms with Gasteiger partial charge in [0, 0.05) is 17.1 Å².